The van der Waals surface area contributed by atoms with E-state index in [0.29, 0.717) is 29.6 Å². The first-order chi connectivity index (χ1) is 15.5. The highest BCUT2D eigenvalue weighted by Gasteiger charge is 2.40. The van der Waals surface area contributed by atoms with Crippen molar-refractivity contribution in [3.8, 4) is 17.2 Å². The van der Waals surface area contributed by atoms with Gasteiger partial charge in [-0.1, -0.05) is 6.07 Å². The lowest BCUT2D eigenvalue weighted by atomic mass is 10.0. The number of rotatable bonds is 5. The molecule has 4 aromatic heterocycles. The van der Waals surface area contributed by atoms with Crippen molar-refractivity contribution < 1.29 is 8.78 Å². The summed E-state index contributed by atoms with van der Waals surface area (Å²) < 4.78 is 33.6. The number of pyridine rings is 1. The van der Waals surface area contributed by atoms with Gasteiger partial charge < -0.3 is 0 Å². The highest BCUT2D eigenvalue weighted by atomic mass is 19.3. The van der Waals surface area contributed by atoms with Crippen molar-refractivity contribution in [1.82, 2.24) is 34.6 Å². The number of hydrogen-bond acceptors (Lipinski definition) is 6. The molecule has 0 saturated heterocycles. The van der Waals surface area contributed by atoms with Crippen LogP contribution in [0.4, 0.5) is 8.78 Å². The van der Waals surface area contributed by atoms with E-state index in [9.17, 15) is 0 Å². The standard InChI is InChI=1S/C22H16F2N8/c1-14-3-6-20-28-29-21(32(20)30-14)22(23,24)18-4-5-19-15(10-18)9-16(11-26-19)17-12-27-31(13-17)8-2-7-25/h3-6,9-13H,2,8H2,1H3. The zero-order chi connectivity index (χ0) is 22.3. The summed E-state index contributed by atoms with van der Waals surface area (Å²) in [5.41, 5.74) is 2.72. The molecule has 0 amide bonds. The number of alkyl halides is 2. The minimum Gasteiger partial charge on any atom is -0.271 e. The monoisotopic (exact) mass is 430 g/mol. The summed E-state index contributed by atoms with van der Waals surface area (Å²) in [7, 11) is 0. The second-order valence-corrected chi connectivity index (χ2v) is 7.37. The van der Waals surface area contributed by atoms with Crippen molar-refractivity contribution in [3.05, 3.63) is 72.1 Å². The second-order valence-electron chi connectivity index (χ2n) is 7.37. The molecule has 32 heavy (non-hydrogen) atoms. The Balaban J connectivity index is 1.55. The Bertz CT molecular complexity index is 1500. The molecule has 0 fully saturated rings. The number of benzene rings is 1. The Labute approximate surface area is 180 Å². The van der Waals surface area contributed by atoms with Crippen molar-refractivity contribution in [3.63, 3.8) is 0 Å². The second kappa shape index (κ2) is 7.46. The molecule has 0 aliphatic rings. The fourth-order valence-electron chi connectivity index (χ4n) is 3.49. The van der Waals surface area contributed by atoms with Gasteiger partial charge in [-0.05, 0) is 37.3 Å². The van der Waals surface area contributed by atoms with Crippen LogP contribution in [0.2, 0.25) is 0 Å². The van der Waals surface area contributed by atoms with Crippen LogP contribution in [0.1, 0.15) is 23.5 Å². The van der Waals surface area contributed by atoms with Gasteiger partial charge >= 0.3 is 5.92 Å². The van der Waals surface area contributed by atoms with Crippen molar-refractivity contribution >= 4 is 16.6 Å². The molecule has 1 aromatic carbocycles. The smallest absolute Gasteiger partial charge is 0.271 e. The van der Waals surface area contributed by atoms with Crippen molar-refractivity contribution in [2.45, 2.75) is 25.8 Å². The predicted molar refractivity (Wildman–Crippen MR) is 112 cm³/mol. The van der Waals surface area contributed by atoms with Gasteiger partial charge in [0.2, 0.25) is 5.82 Å². The molecule has 0 bridgehead atoms. The molecule has 8 nitrogen and oxygen atoms in total. The zero-order valence-electron chi connectivity index (χ0n) is 16.9. The van der Waals surface area contributed by atoms with Gasteiger partial charge in [0.25, 0.3) is 0 Å². The molecule has 0 radical (unpaired) electrons. The number of fused-ring (bicyclic) bond motifs is 2. The summed E-state index contributed by atoms with van der Waals surface area (Å²) in [6.45, 7) is 2.20. The van der Waals surface area contributed by atoms with Crippen molar-refractivity contribution in [1.29, 1.82) is 5.26 Å². The fraction of sp³-hybridized carbons (Fsp3) is 0.182. The van der Waals surface area contributed by atoms with E-state index in [2.05, 4.69) is 31.4 Å². The number of hydrogen-bond donors (Lipinski definition) is 0. The molecule has 0 unspecified atom stereocenters. The largest absolute Gasteiger partial charge is 0.333 e. The first kappa shape index (κ1) is 19.7. The van der Waals surface area contributed by atoms with Gasteiger partial charge in [-0.3, -0.25) is 9.67 Å². The molecule has 0 aliphatic carbocycles. The highest BCUT2D eigenvalue weighted by molar-refractivity contribution is 5.84. The molecular weight excluding hydrogens is 414 g/mol. The Hall–Kier alpha value is -4.26. The summed E-state index contributed by atoms with van der Waals surface area (Å²) in [5.74, 6) is -3.95. The summed E-state index contributed by atoms with van der Waals surface area (Å²) in [6, 6.07) is 11.5. The number of nitriles is 1. The predicted octanol–water partition coefficient (Wildman–Crippen LogP) is 3.90. The molecule has 0 saturated carbocycles. The van der Waals surface area contributed by atoms with Crippen LogP contribution >= 0.6 is 0 Å². The summed E-state index contributed by atoms with van der Waals surface area (Å²) in [4.78, 5) is 4.40. The fourth-order valence-corrected chi connectivity index (χ4v) is 3.49. The Morgan fingerprint density at radius 2 is 1.94 bits per heavy atom. The average Bonchev–Trinajstić information content (AvgIpc) is 3.44. The summed E-state index contributed by atoms with van der Waals surface area (Å²) in [6.07, 6.45) is 5.48. The van der Waals surface area contributed by atoms with Crippen LogP contribution in [-0.2, 0) is 12.5 Å². The minimum atomic E-state index is -3.41. The van der Waals surface area contributed by atoms with Gasteiger partial charge in [0, 0.05) is 34.5 Å². The van der Waals surface area contributed by atoms with Crippen molar-refractivity contribution in [2.75, 3.05) is 0 Å². The van der Waals surface area contributed by atoms with Gasteiger partial charge in [0.15, 0.2) is 5.65 Å². The van der Waals surface area contributed by atoms with Gasteiger partial charge in [0.1, 0.15) is 0 Å². The maximum Gasteiger partial charge on any atom is 0.333 e. The molecular formula is C22H16F2N8. The zero-order valence-corrected chi connectivity index (χ0v) is 16.9. The van der Waals surface area contributed by atoms with Crippen LogP contribution in [0.15, 0.2) is 55.0 Å². The van der Waals surface area contributed by atoms with E-state index in [-0.39, 0.29) is 11.2 Å². The van der Waals surface area contributed by atoms with Gasteiger partial charge in [-0.15, -0.1) is 10.2 Å². The molecule has 5 rings (SSSR count). The van der Waals surface area contributed by atoms with E-state index in [1.807, 2.05) is 0 Å². The maximum absolute atomic E-state index is 15.4. The molecule has 10 heteroatoms. The molecule has 0 spiro atoms. The Morgan fingerprint density at radius 1 is 1.06 bits per heavy atom. The minimum absolute atomic E-state index is 0.230. The third-order valence-electron chi connectivity index (χ3n) is 5.14. The quantitative estimate of drug-likeness (QED) is 0.420. The molecule has 4 heterocycles. The third-order valence-corrected chi connectivity index (χ3v) is 5.14. The van der Waals surface area contributed by atoms with Gasteiger partial charge in [-0.25, -0.2) is 0 Å². The van der Waals surface area contributed by atoms with Crippen molar-refractivity contribution in [2.24, 2.45) is 0 Å². The third kappa shape index (κ3) is 3.33. The first-order valence-electron chi connectivity index (χ1n) is 9.83. The van der Waals surface area contributed by atoms with E-state index in [0.717, 1.165) is 15.6 Å². The van der Waals surface area contributed by atoms with Crippen LogP contribution in [0, 0.1) is 18.3 Å². The van der Waals surface area contributed by atoms with E-state index in [1.165, 1.54) is 12.1 Å². The summed E-state index contributed by atoms with van der Waals surface area (Å²) in [5, 5.41) is 25.2. The van der Waals surface area contributed by atoms with Crippen LogP contribution in [-0.4, -0.2) is 34.6 Å². The van der Waals surface area contributed by atoms with Gasteiger partial charge in [-0.2, -0.15) is 28.8 Å². The van der Waals surface area contributed by atoms with E-state index >= 15 is 8.78 Å². The lowest BCUT2D eigenvalue weighted by Crippen LogP contribution is -2.20. The average molecular weight is 430 g/mol. The maximum atomic E-state index is 15.4. The molecule has 0 N–H and O–H groups in total. The van der Waals surface area contributed by atoms with E-state index < -0.39 is 11.7 Å². The number of aromatic nitrogens is 7. The normalized spacial score (nSPS) is 11.8. The number of aryl methyl sites for hydroxylation is 2. The number of halogens is 2. The van der Waals surface area contributed by atoms with Crippen LogP contribution in [0.25, 0.3) is 27.7 Å². The Kier molecular flexibility index (Phi) is 4.59. The first-order valence-corrected chi connectivity index (χ1v) is 9.83. The molecule has 0 atom stereocenters. The van der Waals surface area contributed by atoms with Crippen LogP contribution in [0.3, 0.4) is 0 Å². The van der Waals surface area contributed by atoms with E-state index in [1.54, 1.807) is 54.5 Å². The Morgan fingerprint density at radius 3 is 2.78 bits per heavy atom. The topological polar surface area (TPSA) is 97.6 Å². The summed E-state index contributed by atoms with van der Waals surface area (Å²) >= 11 is 0. The van der Waals surface area contributed by atoms with Crippen LogP contribution in [0.5, 0.6) is 0 Å². The lowest BCUT2D eigenvalue weighted by Gasteiger charge is -2.15. The molecule has 5 aromatic rings. The molecule has 0 aliphatic heterocycles. The van der Waals surface area contributed by atoms with Gasteiger partial charge in [0.05, 0.1) is 36.4 Å². The van der Waals surface area contributed by atoms with Crippen LogP contribution < -0.4 is 0 Å². The van der Waals surface area contributed by atoms with E-state index in [4.69, 9.17) is 5.26 Å². The highest BCUT2D eigenvalue weighted by Crippen LogP contribution is 2.36. The number of nitrogens with zero attached hydrogens (tertiary/aromatic N) is 8. The lowest BCUT2D eigenvalue weighted by molar-refractivity contribution is 0.0307. The molecule has 158 valence electrons. The SMILES string of the molecule is Cc1ccc2nnc(C(F)(F)c3ccc4ncc(-c5cnn(CCC#N)c5)cc4c3)n2n1.